The molecular formula is C12H12BrN3O3. The van der Waals surface area contributed by atoms with Gasteiger partial charge >= 0.3 is 6.01 Å². The molecule has 0 bridgehead atoms. The number of aryl methyl sites for hydroxylation is 1. The summed E-state index contributed by atoms with van der Waals surface area (Å²) in [7, 11) is 0. The number of para-hydroxylation sites is 1. The van der Waals surface area contributed by atoms with Crippen molar-refractivity contribution in [3.8, 4) is 5.75 Å². The van der Waals surface area contributed by atoms with Crippen molar-refractivity contribution in [1.29, 1.82) is 0 Å². The van der Waals surface area contributed by atoms with Gasteiger partial charge in [-0.15, -0.1) is 0 Å². The summed E-state index contributed by atoms with van der Waals surface area (Å²) in [4.78, 5) is 15.7. The molecule has 100 valence electrons. The Bertz CT molecular complexity index is 585. The van der Waals surface area contributed by atoms with Gasteiger partial charge < -0.3 is 9.26 Å². The zero-order chi connectivity index (χ0) is 13.8. The zero-order valence-electron chi connectivity index (χ0n) is 10.4. The van der Waals surface area contributed by atoms with Crippen molar-refractivity contribution in [1.82, 2.24) is 10.1 Å². The number of hydrogen-bond acceptors (Lipinski definition) is 5. The number of carbonyl (C=O) groups is 1. The predicted octanol–water partition coefficient (Wildman–Crippen LogP) is 2.55. The largest absolute Gasteiger partial charge is 0.480 e. The van der Waals surface area contributed by atoms with Crippen LogP contribution in [0.25, 0.3) is 0 Å². The minimum Gasteiger partial charge on any atom is -0.480 e. The van der Waals surface area contributed by atoms with Crippen molar-refractivity contribution in [3.63, 3.8) is 0 Å². The van der Waals surface area contributed by atoms with Gasteiger partial charge in [0, 0.05) is 0 Å². The van der Waals surface area contributed by atoms with E-state index in [0.29, 0.717) is 11.6 Å². The number of ether oxygens (including phenoxy) is 1. The van der Waals surface area contributed by atoms with E-state index < -0.39 is 6.10 Å². The molecule has 0 saturated heterocycles. The molecule has 1 atom stereocenters. The van der Waals surface area contributed by atoms with Gasteiger partial charge in [-0.3, -0.25) is 10.1 Å². The van der Waals surface area contributed by atoms with Crippen LogP contribution in [0.4, 0.5) is 6.01 Å². The number of rotatable bonds is 4. The van der Waals surface area contributed by atoms with Gasteiger partial charge in [-0.2, -0.15) is 4.98 Å². The fraction of sp³-hybridized carbons (Fsp3) is 0.250. The van der Waals surface area contributed by atoms with Crippen molar-refractivity contribution in [3.05, 3.63) is 34.6 Å². The lowest BCUT2D eigenvalue weighted by Gasteiger charge is -2.14. The van der Waals surface area contributed by atoms with E-state index >= 15 is 0 Å². The number of aromatic nitrogens is 2. The first kappa shape index (κ1) is 13.5. The van der Waals surface area contributed by atoms with Crippen LogP contribution in [0.3, 0.4) is 0 Å². The molecule has 1 aromatic heterocycles. The summed E-state index contributed by atoms with van der Waals surface area (Å²) in [6, 6.07) is 7.35. The van der Waals surface area contributed by atoms with Crippen LogP contribution in [0.5, 0.6) is 5.75 Å². The number of nitrogens with zero attached hydrogens (tertiary/aromatic N) is 2. The maximum absolute atomic E-state index is 11.9. The molecule has 0 radical (unpaired) electrons. The summed E-state index contributed by atoms with van der Waals surface area (Å²) < 4.78 is 11.1. The molecule has 0 spiro atoms. The van der Waals surface area contributed by atoms with Crippen LogP contribution < -0.4 is 10.1 Å². The lowest BCUT2D eigenvalue weighted by Crippen LogP contribution is -2.30. The fourth-order valence-electron chi connectivity index (χ4n) is 1.34. The van der Waals surface area contributed by atoms with Gasteiger partial charge in [-0.25, -0.2) is 0 Å². The first-order valence-electron chi connectivity index (χ1n) is 5.58. The Kier molecular flexibility index (Phi) is 4.16. The number of nitrogens with one attached hydrogen (secondary N) is 1. The Labute approximate surface area is 118 Å². The van der Waals surface area contributed by atoms with E-state index in [2.05, 4.69) is 31.4 Å². The van der Waals surface area contributed by atoms with E-state index in [1.165, 1.54) is 0 Å². The molecule has 19 heavy (non-hydrogen) atoms. The molecule has 1 heterocycles. The monoisotopic (exact) mass is 325 g/mol. The fourth-order valence-corrected chi connectivity index (χ4v) is 1.72. The first-order valence-corrected chi connectivity index (χ1v) is 6.38. The van der Waals surface area contributed by atoms with E-state index in [4.69, 9.17) is 9.26 Å². The number of carbonyl (C=O) groups excluding carboxylic acids is 1. The van der Waals surface area contributed by atoms with Gasteiger partial charge in [0.25, 0.3) is 5.91 Å². The normalized spacial score (nSPS) is 11.9. The number of anilines is 1. The third-order valence-electron chi connectivity index (χ3n) is 2.27. The van der Waals surface area contributed by atoms with Crippen molar-refractivity contribution in [2.75, 3.05) is 5.32 Å². The highest BCUT2D eigenvalue weighted by Gasteiger charge is 2.18. The van der Waals surface area contributed by atoms with Crippen molar-refractivity contribution < 1.29 is 14.1 Å². The third kappa shape index (κ3) is 3.54. The SMILES string of the molecule is Cc1noc(NC(=O)[C@@H](C)Oc2ccccc2Br)n1. The van der Waals surface area contributed by atoms with Gasteiger partial charge in [-0.05, 0) is 41.9 Å². The van der Waals surface area contributed by atoms with Crippen molar-refractivity contribution in [2.24, 2.45) is 0 Å². The quantitative estimate of drug-likeness (QED) is 0.934. The predicted molar refractivity (Wildman–Crippen MR) is 71.9 cm³/mol. The van der Waals surface area contributed by atoms with Crippen molar-refractivity contribution in [2.45, 2.75) is 20.0 Å². The van der Waals surface area contributed by atoms with E-state index in [-0.39, 0.29) is 11.9 Å². The summed E-state index contributed by atoms with van der Waals surface area (Å²) in [6.07, 6.45) is -0.689. The standard InChI is InChI=1S/C12H12BrN3O3/c1-7(18-10-6-4-3-5-9(10)13)11(17)15-12-14-8(2)16-19-12/h3-7H,1-2H3,(H,14,15,16,17)/t7-/m1/s1. The summed E-state index contributed by atoms with van der Waals surface area (Å²) in [5.74, 6) is 0.681. The lowest BCUT2D eigenvalue weighted by atomic mass is 10.3. The molecule has 7 heteroatoms. The highest BCUT2D eigenvalue weighted by Crippen LogP contribution is 2.24. The second kappa shape index (κ2) is 5.83. The highest BCUT2D eigenvalue weighted by atomic mass is 79.9. The Hall–Kier alpha value is -1.89. The molecule has 0 unspecified atom stereocenters. The van der Waals surface area contributed by atoms with E-state index in [9.17, 15) is 4.79 Å². The molecule has 0 aliphatic carbocycles. The average Bonchev–Trinajstić information content (AvgIpc) is 2.77. The van der Waals surface area contributed by atoms with Crippen LogP contribution in [0.15, 0.2) is 33.3 Å². The second-order valence-corrected chi connectivity index (χ2v) is 4.68. The van der Waals surface area contributed by atoms with Crippen LogP contribution >= 0.6 is 15.9 Å². The third-order valence-corrected chi connectivity index (χ3v) is 2.92. The Morgan fingerprint density at radius 1 is 1.47 bits per heavy atom. The number of halogens is 1. The second-order valence-electron chi connectivity index (χ2n) is 3.83. The molecule has 0 aliphatic heterocycles. The first-order chi connectivity index (χ1) is 9.06. The van der Waals surface area contributed by atoms with Gasteiger partial charge in [0.15, 0.2) is 11.9 Å². The molecule has 0 fully saturated rings. The zero-order valence-corrected chi connectivity index (χ0v) is 12.0. The van der Waals surface area contributed by atoms with Gasteiger partial charge in [0.1, 0.15) is 5.75 Å². The van der Waals surface area contributed by atoms with Crippen LogP contribution in [-0.2, 0) is 4.79 Å². The number of benzene rings is 1. The lowest BCUT2D eigenvalue weighted by molar-refractivity contribution is -0.122. The molecule has 1 amide bonds. The van der Waals surface area contributed by atoms with E-state index in [1.54, 1.807) is 19.9 Å². The molecule has 2 rings (SSSR count). The molecule has 0 aliphatic rings. The summed E-state index contributed by atoms with van der Waals surface area (Å²) in [6.45, 7) is 3.30. The molecule has 0 saturated carbocycles. The molecular weight excluding hydrogens is 314 g/mol. The maximum Gasteiger partial charge on any atom is 0.328 e. The Balaban J connectivity index is 1.98. The average molecular weight is 326 g/mol. The van der Waals surface area contributed by atoms with E-state index in [1.807, 2.05) is 18.2 Å². The molecule has 1 N–H and O–H groups in total. The summed E-state index contributed by atoms with van der Waals surface area (Å²) in [5.41, 5.74) is 0. The van der Waals surface area contributed by atoms with E-state index in [0.717, 1.165) is 4.47 Å². The van der Waals surface area contributed by atoms with Gasteiger partial charge in [0.05, 0.1) is 4.47 Å². The van der Waals surface area contributed by atoms with Crippen LogP contribution in [-0.4, -0.2) is 22.2 Å². The van der Waals surface area contributed by atoms with Crippen LogP contribution in [0.1, 0.15) is 12.7 Å². The molecule has 6 nitrogen and oxygen atoms in total. The highest BCUT2D eigenvalue weighted by molar-refractivity contribution is 9.10. The minimum absolute atomic E-state index is 0.0603. The minimum atomic E-state index is -0.689. The van der Waals surface area contributed by atoms with Crippen molar-refractivity contribution >= 4 is 27.9 Å². The summed E-state index contributed by atoms with van der Waals surface area (Å²) in [5, 5.41) is 6.06. The number of amides is 1. The molecule has 1 aromatic carbocycles. The van der Waals surface area contributed by atoms with Crippen LogP contribution in [0, 0.1) is 6.92 Å². The Morgan fingerprint density at radius 2 is 2.21 bits per heavy atom. The topological polar surface area (TPSA) is 77.2 Å². The Morgan fingerprint density at radius 3 is 2.84 bits per heavy atom. The summed E-state index contributed by atoms with van der Waals surface area (Å²) >= 11 is 3.35. The molecule has 2 aromatic rings. The van der Waals surface area contributed by atoms with Gasteiger partial charge in [0.2, 0.25) is 0 Å². The number of hydrogen-bond donors (Lipinski definition) is 1. The smallest absolute Gasteiger partial charge is 0.328 e. The maximum atomic E-state index is 11.9. The van der Waals surface area contributed by atoms with Gasteiger partial charge in [-0.1, -0.05) is 17.3 Å². The van der Waals surface area contributed by atoms with Crippen LogP contribution in [0.2, 0.25) is 0 Å².